The van der Waals surface area contributed by atoms with Crippen LogP contribution in [-0.2, 0) is 19.5 Å². The van der Waals surface area contributed by atoms with Crippen LogP contribution in [0.2, 0.25) is 0 Å². The van der Waals surface area contributed by atoms with Crippen LogP contribution in [0.25, 0.3) is 0 Å². The van der Waals surface area contributed by atoms with Gasteiger partial charge in [0, 0.05) is 26.6 Å². The minimum absolute atomic E-state index is 0.303. The highest BCUT2D eigenvalue weighted by Gasteiger charge is 2.19. The first-order valence-electron chi connectivity index (χ1n) is 9.91. The van der Waals surface area contributed by atoms with Gasteiger partial charge < -0.3 is 15.2 Å². The van der Waals surface area contributed by atoms with Gasteiger partial charge in [-0.1, -0.05) is 44.2 Å². The zero-order valence-electron chi connectivity index (χ0n) is 16.6. The smallest absolute Gasteiger partial charge is 0.191 e. The van der Waals surface area contributed by atoms with E-state index in [1.54, 1.807) is 7.05 Å². The van der Waals surface area contributed by atoms with Gasteiger partial charge in [0.15, 0.2) is 11.8 Å². The molecular formula is C20H31N7. The summed E-state index contributed by atoms with van der Waals surface area (Å²) in [6, 6.07) is 11.0. The van der Waals surface area contributed by atoms with Crippen molar-refractivity contribution in [3.05, 3.63) is 47.5 Å². The van der Waals surface area contributed by atoms with Crippen LogP contribution in [0.1, 0.15) is 43.5 Å². The molecule has 0 radical (unpaired) electrons. The SMILES string of the molecule is CCN(CC)C(CNC(=NC)NCc1nnc2n1CCC2)c1ccccc1. The summed E-state index contributed by atoms with van der Waals surface area (Å²) >= 11 is 0. The molecule has 0 saturated heterocycles. The Morgan fingerprint density at radius 2 is 1.96 bits per heavy atom. The zero-order chi connectivity index (χ0) is 19.1. The lowest BCUT2D eigenvalue weighted by Gasteiger charge is -2.30. The van der Waals surface area contributed by atoms with E-state index >= 15 is 0 Å². The summed E-state index contributed by atoms with van der Waals surface area (Å²) in [5.41, 5.74) is 1.32. The molecule has 1 aliphatic rings. The van der Waals surface area contributed by atoms with Crippen molar-refractivity contribution in [3.8, 4) is 0 Å². The molecule has 0 saturated carbocycles. The molecule has 0 bridgehead atoms. The summed E-state index contributed by atoms with van der Waals surface area (Å²) in [4.78, 5) is 6.84. The van der Waals surface area contributed by atoms with E-state index in [-0.39, 0.29) is 0 Å². The number of fused-ring (bicyclic) bond motifs is 1. The van der Waals surface area contributed by atoms with Crippen molar-refractivity contribution in [3.63, 3.8) is 0 Å². The maximum atomic E-state index is 4.38. The molecule has 1 unspecified atom stereocenters. The van der Waals surface area contributed by atoms with Crippen molar-refractivity contribution >= 4 is 5.96 Å². The van der Waals surface area contributed by atoms with Crippen LogP contribution in [-0.4, -0.2) is 52.3 Å². The normalized spacial score (nSPS) is 15.0. The second kappa shape index (κ2) is 9.50. The first kappa shape index (κ1) is 19.4. The first-order chi connectivity index (χ1) is 13.3. The number of guanidine groups is 1. The molecular weight excluding hydrogens is 338 g/mol. The average molecular weight is 370 g/mol. The predicted octanol–water partition coefficient (Wildman–Crippen LogP) is 1.97. The number of hydrogen-bond acceptors (Lipinski definition) is 4. The van der Waals surface area contributed by atoms with Gasteiger partial charge in [-0.05, 0) is 25.1 Å². The van der Waals surface area contributed by atoms with Gasteiger partial charge in [-0.15, -0.1) is 10.2 Å². The van der Waals surface area contributed by atoms with Crippen molar-refractivity contribution in [2.24, 2.45) is 4.99 Å². The second-order valence-corrected chi connectivity index (χ2v) is 6.74. The highest BCUT2D eigenvalue weighted by molar-refractivity contribution is 5.79. The van der Waals surface area contributed by atoms with Gasteiger partial charge in [-0.2, -0.15) is 0 Å². The van der Waals surface area contributed by atoms with E-state index in [1.807, 2.05) is 0 Å². The Kier molecular flexibility index (Phi) is 6.81. The fraction of sp³-hybridized carbons (Fsp3) is 0.550. The molecule has 1 atom stereocenters. The lowest BCUT2D eigenvalue weighted by molar-refractivity contribution is 0.219. The number of nitrogens with zero attached hydrogens (tertiary/aromatic N) is 5. The molecule has 1 aromatic heterocycles. The maximum absolute atomic E-state index is 4.38. The van der Waals surface area contributed by atoms with E-state index in [4.69, 9.17) is 0 Å². The third-order valence-corrected chi connectivity index (χ3v) is 5.22. The lowest BCUT2D eigenvalue weighted by atomic mass is 10.1. The topological polar surface area (TPSA) is 70.4 Å². The van der Waals surface area contributed by atoms with E-state index in [1.165, 1.54) is 5.56 Å². The summed E-state index contributed by atoms with van der Waals surface area (Å²) in [7, 11) is 1.80. The van der Waals surface area contributed by atoms with Gasteiger partial charge in [-0.3, -0.25) is 9.89 Å². The number of benzene rings is 1. The highest BCUT2D eigenvalue weighted by atomic mass is 15.3. The van der Waals surface area contributed by atoms with Crippen LogP contribution in [0.5, 0.6) is 0 Å². The summed E-state index contributed by atoms with van der Waals surface area (Å²) in [5, 5.41) is 15.4. The van der Waals surface area contributed by atoms with Crippen molar-refractivity contribution in [2.45, 2.75) is 45.8 Å². The second-order valence-electron chi connectivity index (χ2n) is 6.74. The number of likely N-dealkylation sites (N-methyl/N-ethyl adjacent to an activating group) is 1. The minimum atomic E-state index is 0.303. The summed E-state index contributed by atoms with van der Waals surface area (Å²) in [6.07, 6.45) is 2.19. The third-order valence-electron chi connectivity index (χ3n) is 5.22. The molecule has 2 N–H and O–H groups in total. The molecule has 7 heteroatoms. The van der Waals surface area contributed by atoms with Gasteiger partial charge in [0.05, 0.1) is 12.6 Å². The Balaban J connectivity index is 1.60. The van der Waals surface area contributed by atoms with Crippen LogP contribution in [0, 0.1) is 0 Å². The fourth-order valence-electron chi connectivity index (χ4n) is 3.72. The fourth-order valence-corrected chi connectivity index (χ4v) is 3.72. The van der Waals surface area contributed by atoms with E-state index in [2.05, 4.69) is 79.5 Å². The summed E-state index contributed by atoms with van der Waals surface area (Å²) in [6.45, 7) is 8.88. The molecule has 3 rings (SSSR count). The van der Waals surface area contributed by atoms with Crippen molar-refractivity contribution in [1.29, 1.82) is 0 Å². The highest BCUT2D eigenvalue weighted by Crippen LogP contribution is 2.19. The van der Waals surface area contributed by atoms with Gasteiger partial charge in [0.1, 0.15) is 5.82 Å². The number of aromatic nitrogens is 3. The summed E-state index contributed by atoms with van der Waals surface area (Å²) < 4.78 is 2.21. The zero-order valence-corrected chi connectivity index (χ0v) is 16.6. The van der Waals surface area contributed by atoms with Crippen molar-refractivity contribution in [1.82, 2.24) is 30.3 Å². The van der Waals surface area contributed by atoms with Crippen LogP contribution < -0.4 is 10.6 Å². The van der Waals surface area contributed by atoms with Gasteiger partial charge in [0.25, 0.3) is 0 Å². The number of aliphatic imine (C=N–C) groups is 1. The average Bonchev–Trinajstić information content (AvgIpc) is 3.32. The number of aryl methyl sites for hydroxylation is 1. The lowest BCUT2D eigenvalue weighted by Crippen LogP contribution is -2.43. The number of nitrogens with one attached hydrogen (secondary N) is 2. The van der Waals surface area contributed by atoms with E-state index in [9.17, 15) is 0 Å². The van der Waals surface area contributed by atoms with Gasteiger partial charge >= 0.3 is 0 Å². The molecule has 1 aliphatic heterocycles. The third kappa shape index (κ3) is 4.66. The molecule has 146 valence electrons. The monoisotopic (exact) mass is 369 g/mol. The van der Waals surface area contributed by atoms with Crippen molar-refractivity contribution in [2.75, 3.05) is 26.7 Å². The van der Waals surface area contributed by atoms with E-state index < -0.39 is 0 Å². The minimum Gasteiger partial charge on any atom is -0.354 e. The van der Waals surface area contributed by atoms with E-state index in [0.717, 1.165) is 56.6 Å². The van der Waals surface area contributed by atoms with Crippen molar-refractivity contribution < 1.29 is 0 Å². The standard InChI is InChI=1S/C20H31N7/c1-4-26(5-2)17(16-10-7-6-8-11-16)14-22-20(21-3)23-15-19-25-24-18-12-9-13-27(18)19/h6-8,10-11,17H,4-5,9,12-15H2,1-3H3,(H2,21,22,23). The Morgan fingerprint density at radius 3 is 2.67 bits per heavy atom. The molecule has 1 aromatic carbocycles. The van der Waals surface area contributed by atoms with Gasteiger partial charge in [-0.25, -0.2) is 0 Å². The number of rotatable bonds is 8. The Bertz CT molecular complexity index is 734. The van der Waals surface area contributed by atoms with Crippen LogP contribution in [0.15, 0.2) is 35.3 Å². The molecule has 27 heavy (non-hydrogen) atoms. The molecule has 7 nitrogen and oxygen atoms in total. The first-order valence-corrected chi connectivity index (χ1v) is 9.91. The Morgan fingerprint density at radius 1 is 1.19 bits per heavy atom. The summed E-state index contributed by atoms with van der Waals surface area (Å²) in [5.74, 6) is 2.87. The van der Waals surface area contributed by atoms with E-state index in [0.29, 0.717) is 12.6 Å². The van der Waals surface area contributed by atoms with Crippen LogP contribution in [0.4, 0.5) is 0 Å². The molecule has 0 amide bonds. The molecule has 0 aliphatic carbocycles. The largest absolute Gasteiger partial charge is 0.354 e. The molecule has 2 heterocycles. The van der Waals surface area contributed by atoms with Crippen LogP contribution >= 0.6 is 0 Å². The van der Waals surface area contributed by atoms with Gasteiger partial charge in [0.2, 0.25) is 0 Å². The number of hydrogen-bond donors (Lipinski definition) is 2. The van der Waals surface area contributed by atoms with Crippen LogP contribution in [0.3, 0.4) is 0 Å². The quantitative estimate of drug-likeness (QED) is 0.550. The predicted molar refractivity (Wildman–Crippen MR) is 109 cm³/mol. The Hall–Kier alpha value is -2.41. The maximum Gasteiger partial charge on any atom is 0.191 e. The molecule has 0 spiro atoms. The molecule has 2 aromatic rings. The Labute approximate surface area is 161 Å². The molecule has 0 fully saturated rings.